The van der Waals surface area contributed by atoms with Gasteiger partial charge in [-0.25, -0.2) is 0 Å². The first-order chi connectivity index (χ1) is 9.19. The number of benzene rings is 1. The van der Waals surface area contributed by atoms with Crippen molar-refractivity contribution in [2.24, 2.45) is 5.92 Å². The average Bonchev–Trinajstić information content (AvgIpc) is 2.43. The third kappa shape index (κ3) is 6.01. The first-order valence-electron chi connectivity index (χ1n) is 7.50. The fraction of sp³-hybridized carbons (Fsp3) is 0.647. The molecule has 1 aromatic rings. The minimum Gasteiger partial charge on any atom is -0.310 e. The van der Waals surface area contributed by atoms with Crippen molar-refractivity contribution in [3.8, 4) is 0 Å². The van der Waals surface area contributed by atoms with Crippen molar-refractivity contribution in [3.05, 3.63) is 35.4 Å². The van der Waals surface area contributed by atoms with Gasteiger partial charge in [-0.2, -0.15) is 11.8 Å². The second kappa shape index (κ2) is 9.44. The van der Waals surface area contributed by atoms with E-state index in [0.29, 0.717) is 12.0 Å². The maximum absolute atomic E-state index is 3.72. The summed E-state index contributed by atoms with van der Waals surface area (Å²) in [4.78, 5) is 0. The van der Waals surface area contributed by atoms with E-state index in [2.05, 4.69) is 56.6 Å². The smallest absolute Gasteiger partial charge is 0.0343 e. The summed E-state index contributed by atoms with van der Waals surface area (Å²) < 4.78 is 0. The second-order valence-electron chi connectivity index (χ2n) is 5.47. The first kappa shape index (κ1) is 16.6. The van der Waals surface area contributed by atoms with E-state index in [1.54, 1.807) is 0 Å². The number of hydrogen-bond acceptors (Lipinski definition) is 2. The van der Waals surface area contributed by atoms with Crippen molar-refractivity contribution in [3.63, 3.8) is 0 Å². The van der Waals surface area contributed by atoms with Crippen LogP contribution in [0.4, 0.5) is 0 Å². The van der Waals surface area contributed by atoms with E-state index in [9.17, 15) is 0 Å². The van der Waals surface area contributed by atoms with Crippen molar-refractivity contribution >= 4 is 11.8 Å². The van der Waals surface area contributed by atoms with Gasteiger partial charge in [-0.3, -0.25) is 0 Å². The number of hydrogen-bond donors (Lipinski definition) is 1. The Balaban J connectivity index is 2.51. The van der Waals surface area contributed by atoms with Gasteiger partial charge in [0.05, 0.1) is 0 Å². The van der Waals surface area contributed by atoms with E-state index in [0.717, 1.165) is 13.0 Å². The van der Waals surface area contributed by atoms with Gasteiger partial charge >= 0.3 is 0 Å². The van der Waals surface area contributed by atoms with E-state index in [1.807, 2.05) is 11.8 Å². The Kier molecular flexibility index (Phi) is 8.24. The van der Waals surface area contributed by atoms with E-state index >= 15 is 0 Å². The summed E-state index contributed by atoms with van der Waals surface area (Å²) in [5, 5.41) is 3.72. The van der Waals surface area contributed by atoms with E-state index in [4.69, 9.17) is 0 Å². The quantitative estimate of drug-likeness (QED) is 0.659. The lowest BCUT2D eigenvalue weighted by Crippen LogP contribution is -2.26. The highest BCUT2D eigenvalue weighted by Crippen LogP contribution is 2.22. The Morgan fingerprint density at radius 1 is 1.11 bits per heavy atom. The zero-order chi connectivity index (χ0) is 14.1. The van der Waals surface area contributed by atoms with Crippen LogP contribution in [0.15, 0.2) is 24.3 Å². The third-order valence-electron chi connectivity index (χ3n) is 3.55. The minimum atomic E-state index is 0.486. The van der Waals surface area contributed by atoms with Crippen LogP contribution < -0.4 is 5.32 Å². The van der Waals surface area contributed by atoms with Gasteiger partial charge in [0.1, 0.15) is 0 Å². The summed E-state index contributed by atoms with van der Waals surface area (Å²) in [5.41, 5.74) is 2.85. The Hall–Kier alpha value is -0.470. The molecule has 2 heteroatoms. The molecule has 0 saturated heterocycles. The lowest BCUT2D eigenvalue weighted by Gasteiger charge is -2.23. The number of rotatable bonds is 9. The van der Waals surface area contributed by atoms with Gasteiger partial charge in [-0.05, 0) is 54.9 Å². The van der Waals surface area contributed by atoms with E-state index in [-0.39, 0.29) is 0 Å². The summed E-state index contributed by atoms with van der Waals surface area (Å²) in [5.74, 6) is 1.91. The van der Waals surface area contributed by atoms with Crippen molar-refractivity contribution in [2.75, 3.05) is 18.6 Å². The van der Waals surface area contributed by atoms with Crippen LogP contribution >= 0.6 is 11.8 Å². The van der Waals surface area contributed by atoms with E-state index < -0.39 is 0 Å². The van der Waals surface area contributed by atoms with Crippen LogP contribution in [0.2, 0.25) is 0 Å². The molecule has 108 valence electrons. The monoisotopic (exact) mass is 279 g/mol. The predicted molar refractivity (Wildman–Crippen MR) is 89.0 cm³/mol. The molecule has 1 aromatic carbocycles. The third-order valence-corrected chi connectivity index (χ3v) is 4.25. The van der Waals surface area contributed by atoms with Crippen LogP contribution in [-0.2, 0) is 6.42 Å². The number of nitrogens with one attached hydrogen (secondary N) is 1. The number of thioether (sulfide) groups is 1. The largest absolute Gasteiger partial charge is 0.310 e. The molecule has 19 heavy (non-hydrogen) atoms. The molecule has 0 aliphatic rings. The van der Waals surface area contributed by atoms with Gasteiger partial charge in [-0.1, -0.05) is 45.0 Å². The summed E-state index contributed by atoms with van der Waals surface area (Å²) in [7, 11) is 0. The van der Waals surface area contributed by atoms with Gasteiger partial charge in [0.15, 0.2) is 0 Å². The standard InChI is InChI=1S/C17H29NS/c1-5-15-8-10-16(11-9-15)17(14(2)3)18-12-6-7-13-19-4/h8-11,14,17-18H,5-7,12-13H2,1-4H3. The van der Waals surface area contributed by atoms with Gasteiger partial charge in [0.2, 0.25) is 0 Å². The molecule has 1 rings (SSSR count). The number of aryl methyl sites for hydroxylation is 1. The van der Waals surface area contributed by atoms with Crippen molar-refractivity contribution in [1.29, 1.82) is 0 Å². The highest BCUT2D eigenvalue weighted by atomic mass is 32.2. The fourth-order valence-electron chi connectivity index (χ4n) is 2.33. The zero-order valence-corrected chi connectivity index (χ0v) is 13.7. The van der Waals surface area contributed by atoms with Gasteiger partial charge in [0, 0.05) is 6.04 Å². The minimum absolute atomic E-state index is 0.486. The molecule has 1 unspecified atom stereocenters. The maximum Gasteiger partial charge on any atom is 0.0343 e. The lowest BCUT2D eigenvalue weighted by atomic mass is 9.95. The summed E-state index contributed by atoms with van der Waals surface area (Å²) in [6.07, 6.45) is 5.89. The summed E-state index contributed by atoms with van der Waals surface area (Å²) in [6, 6.07) is 9.59. The predicted octanol–water partition coefficient (Wildman–Crippen LogP) is 4.68. The van der Waals surface area contributed by atoms with Crippen LogP contribution in [0.5, 0.6) is 0 Å². The van der Waals surface area contributed by atoms with Crippen LogP contribution in [0.3, 0.4) is 0 Å². The van der Waals surface area contributed by atoms with Crippen LogP contribution in [0, 0.1) is 5.92 Å². The van der Waals surface area contributed by atoms with Gasteiger partial charge < -0.3 is 5.32 Å². The molecular weight excluding hydrogens is 250 g/mol. The van der Waals surface area contributed by atoms with Crippen LogP contribution in [-0.4, -0.2) is 18.6 Å². The molecule has 0 radical (unpaired) electrons. The normalized spacial score (nSPS) is 12.9. The second-order valence-corrected chi connectivity index (χ2v) is 6.46. The SMILES string of the molecule is CCc1ccc(C(NCCCCSC)C(C)C)cc1. The Labute approximate surface area is 123 Å². The molecule has 0 fully saturated rings. The van der Waals surface area contributed by atoms with Crippen LogP contribution in [0.1, 0.15) is 50.8 Å². The van der Waals surface area contributed by atoms with Crippen LogP contribution in [0.25, 0.3) is 0 Å². The Morgan fingerprint density at radius 2 is 1.79 bits per heavy atom. The molecule has 0 aliphatic heterocycles. The lowest BCUT2D eigenvalue weighted by molar-refractivity contribution is 0.409. The highest BCUT2D eigenvalue weighted by molar-refractivity contribution is 7.98. The molecule has 0 spiro atoms. The molecule has 0 saturated carbocycles. The molecule has 0 aromatic heterocycles. The zero-order valence-electron chi connectivity index (χ0n) is 12.9. The molecule has 1 N–H and O–H groups in total. The highest BCUT2D eigenvalue weighted by Gasteiger charge is 2.14. The molecule has 0 heterocycles. The Bertz CT molecular complexity index is 332. The average molecular weight is 279 g/mol. The van der Waals surface area contributed by atoms with Crippen molar-refractivity contribution in [1.82, 2.24) is 5.32 Å². The maximum atomic E-state index is 3.72. The van der Waals surface area contributed by atoms with Gasteiger partial charge in [-0.15, -0.1) is 0 Å². The summed E-state index contributed by atoms with van der Waals surface area (Å²) in [6.45, 7) is 7.93. The number of unbranched alkanes of at least 4 members (excludes halogenated alkanes) is 1. The first-order valence-corrected chi connectivity index (χ1v) is 8.89. The fourth-order valence-corrected chi connectivity index (χ4v) is 2.82. The molecule has 1 atom stereocenters. The Morgan fingerprint density at radius 3 is 2.32 bits per heavy atom. The molecule has 0 amide bonds. The molecular formula is C17H29NS. The molecule has 0 bridgehead atoms. The molecule has 0 aliphatic carbocycles. The topological polar surface area (TPSA) is 12.0 Å². The van der Waals surface area contributed by atoms with Crippen molar-refractivity contribution in [2.45, 2.75) is 46.1 Å². The van der Waals surface area contributed by atoms with Gasteiger partial charge in [0.25, 0.3) is 0 Å². The van der Waals surface area contributed by atoms with Crippen molar-refractivity contribution < 1.29 is 0 Å². The summed E-state index contributed by atoms with van der Waals surface area (Å²) >= 11 is 1.94. The van der Waals surface area contributed by atoms with E-state index in [1.165, 1.54) is 29.7 Å². The molecule has 1 nitrogen and oxygen atoms in total.